The molecule has 0 aromatic heterocycles. The molecule has 0 aromatic rings. The summed E-state index contributed by atoms with van der Waals surface area (Å²) in [4.78, 5) is 0. The van der Waals surface area contributed by atoms with Crippen molar-refractivity contribution < 1.29 is 19.1 Å². The zero-order valence-electron chi connectivity index (χ0n) is 21.4. The van der Waals surface area contributed by atoms with Crippen LogP contribution in [0.3, 0.4) is 0 Å². The molecule has 0 spiro atoms. The molecular formula is C23H52O4Si2. The van der Waals surface area contributed by atoms with Crippen LogP contribution in [0, 0.1) is 5.92 Å². The van der Waals surface area contributed by atoms with E-state index < -0.39 is 16.6 Å². The first kappa shape index (κ1) is 29.3. The van der Waals surface area contributed by atoms with E-state index in [4.69, 9.17) is 8.85 Å². The minimum atomic E-state index is -1.99. The molecule has 0 fully saturated rings. The van der Waals surface area contributed by atoms with Crippen molar-refractivity contribution in [3.63, 3.8) is 0 Å². The molecule has 3 atom stereocenters. The summed E-state index contributed by atoms with van der Waals surface area (Å²) in [6.07, 6.45) is 4.48. The van der Waals surface area contributed by atoms with Gasteiger partial charge in [0.1, 0.15) is 0 Å². The highest BCUT2D eigenvalue weighted by atomic mass is 28.4. The summed E-state index contributed by atoms with van der Waals surface area (Å²) in [5, 5.41) is 20.1. The molecule has 0 unspecified atom stereocenters. The van der Waals surface area contributed by atoms with Crippen LogP contribution in [0.2, 0.25) is 36.3 Å². The van der Waals surface area contributed by atoms with E-state index in [1.165, 1.54) is 0 Å². The molecule has 6 heteroatoms. The first-order valence-electron chi connectivity index (χ1n) is 11.6. The molecular weight excluding hydrogens is 396 g/mol. The van der Waals surface area contributed by atoms with Crippen molar-refractivity contribution in [2.75, 3.05) is 13.2 Å². The Balaban J connectivity index is 5.71. The van der Waals surface area contributed by atoms with Crippen LogP contribution in [-0.2, 0) is 8.85 Å². The van der Waals surface area contributed by atoms with Crippen LogP contribution < -0.4 is 0 Å². The van der Waals surface area contributed by atoms with Gasteiger partial charge in [-0.2, -0.15) is 0 Å². The summed E-state index contributed by atoms with van der Waals surface area (Å²) >= 11 is 0. The Hall–Kier alpha value is 0.274. The summed E-state index contributed by atoms with van der Waals surface area (Å²) < 4.78 is 13.6. The lowest BCUT2D eigenvalue weighted by Gasteiger charge is -2.44. The van der Waals surface area contributed by atoms with E-state index >= 15 is 0 Å². The molecule has 0 aromatic carbocycles. The molecule has 0 amide bonds. The number of aliphatic hydroxyl groups excluding tert-OH is 2. The molecule has 176 valence electrons. The molecule has 0 saturated carbocycles. The van der Waals surface area contributed by atoms with Gasteiger partial charge in [-0.25, -0.2) is 0 Å². The van der Waals surface area contributed by atoms with Crippen molar-refractivity contribution in [2.24, 2.45) is 5.92 Å². The van der Waals surface area contributed by atoms with Crippen molar-refractivity contribution in [3.8, 4) is 0 Å². The maximum Gasteiger partial charge on any atom is 0.192 e. The molecule has 0 heterocycles. The van der Waals surface area contributed by atoms with E-state index in [0.717, 1.165) is 25.7 Å². The Morgan fingerprint density at radius 1 is 0.793 bits per heavy atom. The van der Waals surface area contributed by atoms with Gasteiger partial charge < -0.3 is 19.1 Å². The normalized spacial score (nSPS) is 17.3. The van der Waals surface area contributed by atoms with Crippen LogP contribution in [0.1, 0.15) is 80.6 Å². The smallest absolute Gasteiger partial charge is 0.192 e. The summed E-state index contributed by atoms with van der Waals surface area (Å²) in [6.45, 7) is 25.1. The fourth-order valence-corrected chi connectivity index (χ4v) is 5.77. The summed E-state index contributed by atoms with van der Waals surface area (Å²) in [5.41, 5.74) is 0. The minimum absolute atomic E-state index is 0.0336. The van der Waals surface area contributed by atoms with Gasteiger partial charge in [0.2, 0.25) is 0 Å². The summed E-state index contributed by atoms with van der Waals surface area (Å²) in [6, 6.07) is 0. The van der Waals surface area contributed by atoms with Crippen molar-refractivity contribution in [2.45, 2.75) is 129 Å². The van der Waals surface area contributed by atoms with Gasteiger partial charge in [0.25, 0.3) is 0 Å². The number of unbranched alkanes of at least 4 members (excludes halogenated alkanes) is 1. The number of rotatable bonds is 13. The van der Waals surface area contributed by atoms with Crippen molar-refractivity contribution in [1.82, 2.24) is 0 Å². The molecule has 0 radical (unpaired) electrons. The highest BCUT2D eigenvalue weighted by molar-refractivity contribution is 6.74. The third-order valence-corrected chi connectivity index (χ3v) is 16.2. The highest BCUT2D eigenvalue weighted by Crippen LogP contribution is 2.41. The average molecular weight is 449 g/mol. The summed E-state index contributed by atoms with van der Waals surface area (Å²) in [7, 11) is -3.94. The maximum atomic E-state index is 10.2. The first-order chi connectivity index (χ1) is 13.0. The van der Waals surface area contributed by atoms with Crippen LogP contribution in [0.25, 0.3) is 0 Å². The van der Waals surface area contributed by atoms with Crippen LogP contribution >= 0.6 is 0 Å². The van der Waals surface area contributed by atoms with Gasteiger partial charge >= 0.3 is 0 Å². The third kappa shape index (κ3) is 9.52. The van der Waals surface area contributed by atoms with Crippen molar-refractivity contribution >= 4 is 16.6 Å². The van der Waals surface area contributed by atoms with Crippen LogP contribution in [0.5, 0.6) is 0 Å². The monoisotopic (exact) mass is 448 g/mol. The molecule has 4 nitrogen and oxygen atoms in total. The van der Waals surface area contributed by atoms with E-state index in [1.807, 2.05) is 0 Å². The second-order valence-electron chi connectivity index (χ2n) is 11.7. The van der Waals surface area contributed by atoms with E-state index in [9.17, 15) is 10.2 Å². The van der Waals surface area contributed by atoms with Gasteiger partial charge in [-0.3, -0.25) is 0 Å². The fraction of sp³-hybridized carbons (Fsp3) is 1.00. The topological polar surface area (TPSA) is 58.9 Å². The second-order valence-corrected chi connectivity index (χ2v) is 21.3. The van der Waals surface area contributed by atoms with Crippen LogP contribution in [0.4, 0.5) is 0 Å². The lowest BCUT2D eigenvalue weighted by atomic mass is 9.92. The molecule has 0 bridgehead atoms. The van der Waals surface area contributed by atoms with Crippen molar-refractivity contribution in [1.29, 1.82) is 0 Å². The summed E-state index contributed by atoms with van der Waals surface area (Å²) in [5.74, 6) is 0.119. The maximum absolute atomic E-state index is 10.2. The Morgan fingerprint density at radius 2 is 1.28 bits per heavy atom. The van der Waals surface area contributed by atoms with E-state index in [2.05, 4.69) is 74.7 Å². The standard InChI is InChI=1S/C23H52O4Si2/c1-12-13-14-19(18-25)21(27-29(10,11)23(5,6)7)17-20(15-16-24)26-28(8,9)22(2,3)4/h19-21,24-25H,12-18H2,1-11H3/t19-,20-,21-/m0/s1. The van der Waals surface area contributed by atoms with E-state index in [-0.39, 0.29) is 41.4 Å². The molecule has 2 N–H and O–H groups in total. The minimum Gasteiger partial charge on any atom is -0.414 e. The fourth-order valence-electron chi connectivity index (χ4n) is 2.97. The predicted octanol–water partition coefficient (Wildman–Crippen LogP) is 6.34. The molecule has 0 aliphatic rings. The van der Waals surface area contributed by atoms with E-state index in [0.29, 0.717) is 6.42 Å². The van der Waals surface area contributed by atoms with Crippen LogP contribution in [0.15, 0.2) is 0 Å². The number of aliphatic hydroxyl groups is 2. The average Bonchev–Trinajstić information content (AvgIpc) is 2.52. The Morgan fingerprint density at radius 3 is 1.66 bits per heavy atom. The Labute approximate surface area is 184 Å². The Kier molecular flexibility index (Phi) is 11.9. The van der Waals surface area contributed by atoms with Gasteiger partial charge in [-0.15, -0.1) is 0 Å². The largest absolute Gasteiger partial charge is 0.414 e. The lowest BCUT2D eigenvalue weighted by Crippen LogP contribution is -2.49. The quantitative estimate of drug-likeness (QED) is 0.323. The Bertz CT molecular complexity index is 453. The van der Waals surface area contributed by atoms with Gasteiger partial charge in [-0.05, 0) is 55.5 Å². The third-order valence-electron chi connectivity index (χ3n) is 7.15. The SMILES string of the molecule is CCCC[C@@H](CO)[C@H](C[C@H](CCO)O[Si](C)(C)C(C)(C)C)O[Si](C)(C)C(C)(C)C. The first-order valence-corrected chi connectivity index (χ1v) is 17.4. The molecule has 29 heavy (non-hydrogen) atoms. The van der Waals surface area contributed by atoms with Gasteiger partial charge in [0.15, 0.2) is 16.6 Å². The van der Waals surface area contributed by atoms with Crippen molar-refractivity contribution in [3.05, 3.63) is 0 Å². The molecule has 0 aliphatic heterocycles. The van der Waals surface area contributed by atoms with Gasteiger partial charge in [-0.1, -0.05) is 61.3 Å². The predicted molar refractivity (Wildman–Crippen MR) is 131 cm³/mol. The molecule has 0 aliphatic carbocycles. The number of hydrogen-bond donors (Lipinski definition) is 2. The van der Waals surface area contributed by atoms with Crippen LogP contribution in [-0.4, -0.2) is 52.3 Å². The second kappa shape index (κ2) is 11.8. The zero-order valence-corrected chi connectivity index (χ0v) is 23.4. The zero-order chi connectivity index (χ0) is 23.1. The number of hydrogen-bond acceptors (Lipinski definition) is 4. The van der Waals surface area contributed by atoms with Gasteiger partial charge in [0.05, 0.1) is 6.10 Å². The molecule has 0 saturated heterocycles. The highest BCUT2D eigenvalue weighted by Gasteiger charge is 2.43. The van der Waals surface area contributed by atoms with Gasteiger partial charge in [0, 0.05) is 25.2 Å². The molecule has 0 rings (SSSR count). The van der Waals surface area contributed by atoms with E-state index in [1.54, 1.807) is 0 Å². The lowest BCUT2D eigenvalue weighted by molar-refractivity contribution is 0.0226.